The van der Waals surface area contributed by atoms with Gasteiger partial charge in [0, 0.05) is 0 Å². The molecule has 112 valence electrons. The Hall–Kier alpha value is -2.07. The number of hydrogen-bond acceptors (Lipinski definition) is 3. The Morgan fingerprint density at radius 1 is 1.05 bits per heavy atom. The number of nitrogens with one attached hydrogen (secondary N) is 1. The van der Waals surface area contributed by atoms with Crippen LogP contribution in [0.4, 0.5) is 4.39 Å². The topological polar surface area (TPSA) is 30.5 Å². The molecule has 0 aromatic heterocycles. The van der Waals surface area contributed by atoms with E-state index >= 15 is 0 Å². The second kappa shape index (κ2) is 7.64. The van der Waals surface area contributed by atoms with E-state index in [1.165, 1.54) is 6.07 Å². The van der Waals surface area contributed by atoms with E-state index in [0.717, 1.165) is 11.3 Å². The zero-order valence-corrected chi connectivity index (χ0v) is 12.3. The molecule has 4 heteroatoms. The summed E-state index contributed by atoms with van der Waals surface area (Å²) in [5.74, 6) is 0.758. The minimum Gasteiger partial charge on any atom is -0.494 e. The molecule has 2 aromatic rings. The summed E-state index contributed by atoms with van der Waals surface area (Å²) in [6, 6.07) is 14.2. The van der Waals surface area contributed by atoms with Crippen LogP contribution in [0.2, 0.25) is 0 Å². The highest BCUT2D eigenvalue weighted by atomic mass is 19.1. The highest BCUT2D eigenvalue weighted by Gasteiger charge is 2.11. The van der Waals surface area contributed by atoms with Crippen molar-refractivity contribution in [3.63, 3.8) is 0 Å². The molecule has 1 N–H and O–H groups in total. The Morgan fingerprint density at radius 3 is 2.38 bits per heavy atom. The molecular weight excluding hydrogens is 269 g/mol. The maximum absolute atomic E-state index is 13.5. The van der Waals surface area contributed by atoms with Crippen LogP contribution in [0.5, 0.6) is 11.5 Å². The zero-order valence-electron chi connectivity index (χ0n) is 12.3. The first-order valence-corrected chi connectivity index (χ1v) is 7.02. The molecule has 3 nitrogen and oxygen atoms in total. The molecule has 0 fully saturated rings. The molecule has 1 unspecified atom stereocenters. The van der Waals surface area contributed by atoms with Crippen molar-refractivity contribution >= 4 is 0 Å². The highest BCUT2D eigenvalue weighted by molar-refractivity contribution is 5.30. The summed E-state index contributed by atoms with van der Waals surface area (Å²) in [6.45, 7) is 2.95. The third kappa shape index (κ3) is 4.20. The molecule has 0 aliphatic rings. The van der Waals surface area contributed by atoms with Gasteiger partial charge < -0.3 is 14.8 Å². The Labute approximate surface area is 124 Å². The van der Waals surface area contributed by atoms with Gasteiger partial charge in [0.1, 0.15) is 12.4 Å². The first kappa shape index (κ1) is 15.3. The van der Waals surface area contributed by atoms with Crippen molar-refractivity contribution in [1.29, 1.82) is 0 Å². The van der Waals surface area contributed by atoms with Gasteiger partial charge in [0.05, 0.1) is 12.6 Å². The molecule has 0 heterocycles. The second-order valence-corrected chi connectivity index (χ2v) is 4.58. The van der Waals surface area contributed by atoms with Crippen LogP contribution in [0, 0.1) is 5.82 Å². The van der Waals surface area contributed by atoms with Gasteiger partial charge in [-0.2, -0.15) is 0 Å². The van der Waals surface area contributed by atoms with Crippen molar-refractivity contribution in [3.8, 4) is 11.5 Å². The first-order valence-electron chi connectivity index (χ1n) is 7.02. The number of hydrogen-bond donors (Lipinski definition) is 1. The summed E-state index contributed by atoms with van der Waals surface area (Å²) in [5, 5.41) is 3.17. The van der Waals surface area contributed by atoms with Gasteiger partial charge >= 0.3 is 0 Å². The van der Waals surface area contributed by atoms with E-state index in [4.69, 9.17) is 9.47 Å². The van der Waals surface area contributed by atoms with Crippen molar-refractivity contribution in [2.45, 2.75) is 13.0 Å². The van der Waals surface area contributed by atoms with E-state index < -0.39 is 0 Å². The lowest BCUT2D eigenvalue weighted by Crippen LogP contribution is -2.23. The molecule has 2 aromatic carbocycles. The first-order chi connectivity index (χ1) is 10.2. The van der Waals surface area contributed by atoms with Crippen molar-refractivity contribution in [2.24, 2.45) is 0 Å². The van der Waals surface area contributed by atoms with Gasteiger partial charge in [0.2, 0.25) is 0 Å². The molecule has 21 heavy (non-hydrogen) atoms. The fraction of sp³-hybridized carbons (Fsp3) is 0.294. The minimum absolute atomic E-state index is 0.0136. The molecule has 0 spiro atoms. The Balaban J connectivity index is 2.01. The predicted molar refractivity (Wildman–Crippen MR) is 81.3 cm³/mol. The van der Waals surface area contributed by atoms with Crippen LogP contribution < -0.4 is 14.8 Å². The summed E-state index contributed by atoms with van der Waals surface area (Å²) >= 11 is 0. The number of likely N-dealkylation sites (N-methyl/N-ethyl adjacent to an activating group) is 1. The Morgan fingerprint density at radius 2 is 1.76 bits per heavy atom. The van der Waals surface area contributed by atoms with Gasteiger partial charge in [0.15, 0.2) is 11.6 Å². The Kier molecular flexibility index (Phi) is 5.58. The molecule has 0 aliphatic heterocycles. The molecule has 0 saturated carbocycles. The smallest absolute Gasteiger partial charge is 0.165 e. The van der Waals surface area contributed by atoms with Gasteiger partial charge in [-0.3, -0.25) is 0 Å². The number of rotatable bonds is 7. The maximum atomic E-state index is 13.5. The predicted octanol–water partition coefficient (Wildman–Crippen LogP) is 3.56. The summed E-state index contributed by atoms with van der Waals surface area (Å²) in [5.41, 5.74) is 1.07. The molecule has 2 rings (SSSR count). The van der Waals surface area contributed by atoms with Crippen LogP contribution in [0.15, 0.2) is 48.5 Å². The second-order valence-electron chi connectivity index (χ2n) is 4.58. The normalized spacial score (nSPS) is 12.0. The summed E-state index contributed by atoms with van der Waals surface area (Å²) in [4.78, 5) is 0. The molecule has 0 radical (unpaired) electrons. The van der Waals surface area contributed by atoms with Gasteiger partial charge in [-0.25, -0.2) is 4.39 Å². The molecule has 0 bridgehead atoms. The highest BCUT2D eigenvalue weighted by Crippen LogP contribution is 2.21. The minimum atomic E-state index is -0.348. The maximum Gasteiger partial charge on any atom is 0.165 e. The molecular formula is C17H20FNO2. The van der Waals surface area contributed by atoms with E-state index in [2.05, 4.69) is 5.32 Å². The van der Waals surface area contributed by atoms with Crippen molar-refractivity contribution in [2.75, 3.05) is 20.3 Å². The van der Waals surface area contributed by atoms with E-state index in [1.807, 2.05) is 38.2 Å². The molecule has 1 atom stereocenters. The third-order valence-electron chi connectivity index (χ3n) is 3.18. The van der Waals surface area contributed by atoms with Crippen molar-refractivity contribution in [1.82, 2.24) is 5.32 Å². The molecule has 0 aliphatic carbocycles. The van der Waals surface area contributed by atoms with Crippen LogP contribution in [0.3, 0.4) is 0 Å². The monoisotopic (exact) mass is 289 g/mol. The van der Waals surface area contributed by atoms with E-state index in [-0.39, 0.29) is 17.6 Å². The standard InChI is InChI=1S/C17H20FNO2/c1-3-20-14-10-8-13(9-11-14)16(19-2)12-21-17-7-5-4-6-15(17)18/h4-11,16,19H,3,12H2,1-2H3. The van der Waals surface area contributed by atoms with Crippen molar-refractivity contribution < 1.29 is 13.9 Å². The van der Waals surface area contributed by atoms with Crippen LogP contribution in [-0.2, 0) is 0 Å². The van der Waals surface area contributed by atoms with Crippen molar-refractivity contribution in [3.05, 3.63) is 59.9 Å². The number of benzene rings is 2. The largest absolute Gasteiger partial charge is 0.494 e. The summed E-state index contributed by atoms with van der Waals surface area (Å²) in [6.07, 6.45) is 0. The Bertz CT molecular complexity index is 557. The fourth-order valence-electron chi connectivity index (χ4n) is 2.04. The lowest BCUT2D eigenvalue weighted by molar-refractivity contribution is 0.261. The van der Waals surface area contributed by atoms with Gasteiger partial charge in [-0.1, -0.05) is 24.3 Å². The number of ether oxygens (including phenoxy) is 2. The van der Waals surface area contributed by atoms with Gasteiger partial charge in [-0.05, 0) is 43.8 Å². The number of para-hydroxylation sites is 1. The van der Waals surface area contributed by atoms with Crippen LogP contribution >= 0.6 is 0 Å². The van der Waals surface area contributed by atoms with Crippen LogP contribution in [0.1, 0.15) is 18.5 Å². The quantitative estimate of drug-likeness (QED) is 0.845. The summed E-state index contributed by atoms with van der Waals surface area (Å²) < 4.78 is 24.5. The van der Waals surface area contributed by atoms with E-state index in [0.29, 0.717) is 13.2 Å². The number of halogens is 1. The van der Waals surface area contributed by atoms with Gasteiger partial charge in [0.25, 0.3) is 0 Å². The summed E-state index contributed by atoms with van der Waals surface area (Å²) in [7, 11) is 1.85. The van der Waals surface area contributed by atoms with Crippen LogP contribution in [0.25, 0.3) is 0 Å². The lowest BCUT2D eigenvalue weighted by Gasteiger charge is -2.18. The van der Waals surface area contributed by atoms with Crippen LogP contribution in [-0.4, -0.2) is 20.3 Å². The van der Waals surface area contributed by atoms with E-state index in [1.54, 1.807) is 18.2 Å². The SMILES string of the molecule is CCOc1ccc(C(COc2ccccc2F)NC)cc1. The lowest BCUT2D eigenvalue weighted by atomic mass is 10.1. The van der Waals surface area contributed by atoms with Gasteiger partial charge in [-0.15, -0.1) is 0 Å². The average molecular weight is 289 g/mol. The average Bonchev–Trinajstić information content (AvgIpc) is 2.51. The third-order valence-corrected chi connectivity index (χ3v) is 3.18. The molecule has 0 saturated heterocycles. The molecule has 0 amide bonds. The zero-order chi connectivity index (χ0) is 15.1. The fourth-order valence-corrected chi connectivity index (χ4v) is 2.04. The van der Waals surface area contributed by atoms with E-state index in [9.17, 15) is 4.39 Å².